The van der Waals surface area contributed by atoms with Crippen LogP contribution in [0.3, 0.4) is 0 Å². The Hall–Kier alpha value is -2.04. The number of nitrogens with zero attached hydrogens (tertiary/aromatic N) is 1. The number of hydrazone groups is 1. The molecular weight excluding hydrogens is 220 g/mol. The summed E-state index contributed by atoms with van der Waals surface area (Å²) in [7, 11) is 1.61. The highest BCUT2D eigenvalue weighted by molar-refractivity contribution is 5.80. The van der Waals surface area contributed by atoms with Crippen molar-refractivity contribution in [1.29, 1.82) is 0 Å². The first kappa shape index (κ1) is 13.0. The van der Waals surface area contributed by atoms with Gasteiger partial charge in [-0.05, 0) is 24.6 Å². The summed E-state index contributed by atoms with van der Waals surface area (Å²) in [6.45, 7) is 2.20. The molecule has 0 radical (unpaired) electrons. The highest BCUT2D eigenvalue weighted by atomic mass is 16.5. The maximum Gasteiger partial charge on any atom is 0.327 e. The molecule has 0 atom stereocenters. The number of nitrogens with one attached hydrogen (secondary N) is 1. The molecule has 1 rings (SSSR count). The summed E-state index contributed by atoms with van der Waals surface area (Å²) in [5, 5.41) is 3.91. The third kappa shape index (κ3) is 5.01. The van der Waals surface area contributed by atoms with Crippen LogP contribution in [0.15, 0.2) is 29.4 Å². The molecule has 92 valence electrons. The molecule has 17 heavy (non-hydrogen) atoms. The Balaban J connectivity index is 2.40. The molecule has 0 saturated heterocycles. The molecule has 0 aliphatic rings. The van der Waals surface area contributed by atoms with Gasteiger partial charge in [-0.3, -0.25) is 10.2 Å². The molecule has 0 bridgehead atoms. The van der Waals surface area contributed by atoms with Gasteiger partial charge in [0.05, 0.1) is 19.9 Å². The van der Waals surface area contributed by atoms with Gasteiger partial charge in [0.15, 0.2) is 0 Å². The predicted molar refractivity (Wildman–Crippen MR) is 65.2 cm³/mol. The van der Waals surface area contributed by atoms with E-state index in [1.54, 1.807) is 20.2 Å². The Morgan fingerprint density at radius 1 is 1.53 bits per heavy atom. The molecule has 1 aromatic carbocycles. The predicted octanol–water partition coefficient (Wildman–Crippen LogP) is 1.18. The first-order valence-corrected chi connectivity index (χ1v) is 5.32. The maximum atomic E-state index is 11.0. The third-order valence-electron chi connectivity index (χ3n) is 1.93. The molecule has 1 aromatic rings. The smallest absolute Gasteiger partial charge is 0.327 e. The normalized spacial score (nSPS) is 10.2. The lowest BCUT2D eigenvalue weighted by Gasteiger charge is -2.01. The number of methoxy groups -OCH3 is 1. The van der Waals surface area contributed by atoms with E-state index in [-0.39, 0.29) is 12.5 Å². The molecule has 0 heterocycles. The van der Waals surface area contributed by atoms with Crippen molar-refractivity contribution in [3.05, 3.63) is 29.8 Å². The van der Waals surface area contributed by atoms with Gasteiger partial charge in [0.25, 0.3) is 0 Å². The van der Waals surface area contributed by atoms with Gasteiger partial charge in [0.2, 0.25) is 0 Å². The fraction of sp³-hybridized carbons (Fsp3) is 0.333. The Morgan fingerprint density at radius 3 is 3.06 bits per heavy atom. The van der Waals surface area contributed by atoms with E-state index in [0.29, 0.717) is 6.61 Å². The molecule has 0 unspecified atom stereocenters. The van der Waals surface area contributed by atoms with Gasteiger partial charge in [0.1, 0.15) is 12.3 Å². The van der Waals surface area contributed by atoms with E-state index in [1.807, 2.05) is 24.3 Å². The Labute approximate surface area is 100 Å². The quantitative estimate of drug-likeness (QED) is 0.458. The summed E-state index contributed by atoms with van der Waals surface area (Å²) < 4.78 is 9.81. The lowest BCUT2D eigenvalue weighted by atomic mass is 10.2. The summed E-state index contributed by atoms with van der Waals surface area (Å²) in [5.41, 5.74) is 3.50. The van der Waals surface area contributed by atoms with Crippen LogP contribution in [-0.4, -0.2) is 32.4 Å². The van der Waals surface area contributed by atoms with Crippen LogP contribution in [0.4, 0.5) is 0 Å². The van der Waals surface area contributed by atoms with Crippen LogP contribution in [-0.2, 0) is 9.53 Å². The first-order chi connectivity index (χ1) is 8.26. The highest BCUT2D eigenvalue weighted by Gasteiger charge is 1.97. The van der Waals surface area contributed by atoms with Crippen molar-refractivity contribution in [2.45, 2.75) is 6.92 Å². The molecule has 0 saturated carbocycles. The summed E-state index contributed by atoms with van der Waals surface area (Å²) in [6.07, 6.45) is 1.61. The summed E-state index contributed by atoms with van der Waals surface area (Å²) in [5.74, 6) is 0.439. The number of benzene rings is 1. The van der Waals surface area contributed by atoms with E-state index in [4.69, 9.17) is 9.47 Å². The minimum Gasteiger partial charge on any atom is -0.497 e. The number of ether oxygens (including phenoxy) is 2. The molecule has 0 spiro atoms. The molecule has 0 fully saturated rings. The van der Waals surface area contributed by atoms with E-state index >= 15 is 0 Å². The average Bonchev–Trinajstić information content (AvgIpc) is 2.35. The molecule has 0 aliphatic carbocycles. The van der Waals surface area contributed by atoms with Gasteiger partial charge < -0.3 is 9.47 Å². The van der Waals surface area contributed by atoms with Gasteiger partial charge in [-0.25, -0.2) is 0 Å². The van der Waals surface area contributed by atoms with Gasteiger partial charge in [-0.1, -0.05) is 12.1 Å². The monoisotopic (exact) mass is 236 g/mol. The van der Waals surface area contributed by atoms with Crippen molar-refractivity contribution in [3.63, 3.8) is 0 Å². The van der Waals surface area contributed by atoms with E-state index in [2.05, 4.69) is 10.5 Å². The number of carbonyl (C=O) groups is 1. The zero-order chi connectivity index (χ0) is 12.5. The molecular formula is C12H16N2O3. The standard InChI is InChI=1S/C12H16N2O3/c1-3-17-12(15)9-14-13-8-10-5-4-6-11(7-10)16-2/h4-8,14H,3,9H2,1-2H3/b13-8+. The van der Waals surface area contributed by atoms with Crippen molar-refractivity contribution in [2.75, 3.05) is 20.3 Å². The molecule has 5 nitrogen and oxygen atoms in total. The third-order valence-corrected chi connectivity index (χ3v) is 1.93. The second-order valence-corrected chi connectivity index (χ2v) is 3.17. The fourth-order valence-electron chi connectivity index (χ4n) is 1.16. The molecule has 0 aliphatic heterocycles. The van der Waals surface area contributed by atoms with E-state index < -0.39 is 0 Å². The summed E-state index contributed by atoms with van der Waals surface area (Å²) in [6, 6.07) is 7.45. The van der Waals surface area contributed by atoms with Gasteiger partial charge in [-0.15, -0.1) is 0 Å². The minimum absolute atomic E-state index is 0.0638. The second kappa shape index (κ2) is 7.27. The number of esters is 1. The zero-order valence-corrected chi connectivity index (χ0v) is 9.97. The Morgan fingerprint density at radius 2 is 2.35 bits per heavy atom. The van der Waals surface area contributed by atoms with Gasteiger partial charge >= 0.3 is 5.97 Å². The number of hydrogen-bond acceptors (Lipinski definition) is 5. The zero-order valence-electron chi connectivity index (χ0n) is 9.97. The van der Waals surface area contributed by atoms with E-state index in [0.717, 1.165) is 11.3 Å². The van der Waals surface area contributed by atoms with Crippen LogP contribution in [0, 0.1) is 0 Å². The van der Waals surface area contributed by atoms with Crippen LogP contribution < -0.4 is 10.2 Å². The van der Waals surface area contributed by atoms with E-state index in [9.17, 15) is 4.79 Å². The van der Waals surface area contributed by atoms with Crippen molar-refractivity contribution >= 4 is 12.2 Å². The summed E-state index contributed by atoms with van der Waals surface area (Å²) >= 11 is 0. The number of rotatable bonds is 6. The van der Waals surface area contributed by atoms with Crippen LogP contribution in [0.2, 0.25) is 0 Å². The fourth-order valence-corrected chi connectivity index (χ4v) is 1.16. The first-order valence-electron chi connectivity index (χ1n) is 5.32. The van der Waals surface area contributed by atoms with Crippen LogP contribution >= 0.6 is 0 Å². The topological polar surface area (TPSA) is 59.9 Å². The van der Waals surface area contributed by atoms with E-state index in [1.165, 1.54) is 0 Å². The van der Waals surface area contributed by atoms with Crippen molar-refractivity contribution in [3.8, 4) is 5.75 Å². The number of carbonyl (C=O) groups excluding carboxylic acids is 1. The van der Waals surface area contributed by atoms with Crippen LogP contribution in [0.1, 0.15) is 12.5 Å². The second-order valence-electron chi connectivity index (χ2n) is 3.17. The van der Waals surface area contributed by atoms with Crippen LogP contribution in [0.5, 0.6) is 5.75 Å². The summed E-state index contributed by atoms with van der Waals surface area (Å²) in [4.78, 5) is 11.0. The lowest BCUT2D eigenvalue weighted by Crippen LogP contribution is -2.20. The molecule has 0 aromatic heterocycles. The Bertz CT molecular complexity index is 391. The maximum absolute atomic E-state index is 11.0. The SMILES string of the molecule is CCOC(=O)CN/N=C/c1cccc(OC)c1. The molecule has 0 amide bonds. The van der Waals surface area contributed by atoms with Gasteiger partial charge in [0, 0.05) is 0 Å². The average molecular weight is 236 g/mol. The molecule has 5 heteroatoms. The van der Waals surface area contributed by atoms with Crippen molar-refractivity contribution < 1.29 is 14.3 Å². The highest BCUT2D eigenvalue weighted by Crippen LogP contribution is 2.10. The van der Waals surface area contributed by atoms with Crippen molar-refractivity contribution in [2.24, 2.45) is 5.10 Å². The minimum atomic E-state index is -0.324. The molecule has 1 N–H and O–H groups in total. The van der Waals surface area contributed by atoms with Crippen LogP contribution in [0.25, 0.3) is 0 Å². The Kier molecular flexibility index (Phi) is 5.57. The number of hydrogen-bond donors (Lipinski definition) is 1. The van der Waals surface area contributed by atoms with Gasteiger partial charge in [-0.2, -0.15) is 5.10 Å². The van der Waals surface area contributed by atoms with Crippen molar-refractivity contribution in [1.82, 2.24) is 5.43 Å². The lowest BCUT2D eigenvalue weighted by molar-refractivity contribution is -0.141. The largest absolute Gasteiger partial charge is 0.497 e.